The second kappa shape index (κ2) is 5.18. The Morgan fingerprint density at radius 2 is 2.17 bits per heavy atom. The maximum atomic E-state index is 5.66. The number of thiazole rings is 1. The van der Waals surface area contributed by atoms with Crippen LogP contribution in [0.15, 0.2) is 29.6 Å². The van der Waals surface area contributed by atoms with E-state index in [0.29, 0.717) is 6.54 Å². The highest BCUT2D eigenvalue weighted by Crippen LogP contribution is 2.33. The lowest BCUT2D eigenvalue weighted by molar-refractivity contribution is 0.112. The molecule has 94 valence electrons. The van der Waals surface area contributed by atoms with Gasteiger partial charge in [-0.25, -0.2) is 4.98 Å². The summed E-state index contributed by atoms with van der Waals surface area (Å²) in [6.45, 7) is 1.45. The van der Waals surface area contributed by atoms with E-state index in [1.807, 2.05) is 0 Å². The smallest absolute Gasteiger partial charge is 0.122 e. The van der Waals surface area contributed by atoms with Crippen molar-refractivity contribution in [2.45, 2.75) is 25.5 Å². The van der Waals surface area contributed by atoms with E-state index in [1.54, 1.807) is 11.3 Å². The van der Waals surface area contributed by atoms with Gasteiger partial charge in [-0.05, 0) is 18.4 Å². The molecule has 1 aliphatic heterocycles. The molecular weight excluding hydrogens is 244 g/mol. The lowest BCUT2D eigenvalue weighted by atomic mass is 10.1. The van der Waals surface area contributed by atoms with Crippen molar-refractivity contribution in [3.05, 3.63) is 40.2 Å². The average Bonchev–Trinajstić information content (AvgIpc) is 3.09. The Morgan fingerprint density at radius 3 is 2.83 bits per heavy atom. The van der Waals surface area contributed by atoms with Gasteiger partial charge in [0.15, 0.2) is 0 Å². The average molecular weight is 260 g/mol. The van der Waals surface area contributed by atoms with Gasteiger partial charge in [0.25, 0.3) is 0 Å². The third kappa shape index (κ3) is 2.32. The van der Waals surface area contributed by atoms with E-state index in [2.05, 4.69) is 34.6 Å². The largest absolute Gasteiger partial charge is 0.371 e. The number of aromatic nitrogens is 1. The van der Waals surface area contributed by atoms with Gasteiger partial charge in [0.2, 0.25) is 0 Å². The fraction of sp³-hybridized carbons (Fsp3) is 0.357. The van der Waals surface area contributed by atoms with Crippen molar-refractivity contribution in [2.24, 2.45) is 5.73 Å². The fourth-order valence-corrected chi connectivity index (χ4v) is 3.06. The number of hydrogen-bond donors (Lipinski definition) is 1. The van der Waals surface area contributed by atoms with Gasteiger partial charge in [0, 0.05) is 24.1 Å². The molecule has 1 unspecified atom stereocenters. The summed E-state index contributed by atoms with van der Waals surface area (Å²) in [5.41, 5.74) is 8.92. The molecule has 0 spiro atoms. The van der Waals surface area contributed by atoms with Crippen molar-refractivity contribution in [1.29, 1.82) is 0 Å². The van der Waals surface area contributed by atoms with Gasteiger partial charge in [-0.3, -0.25) is 0 Å². The van der Waals surface area contributed by atoms with Crippen molar-refractivity contribution in [3.8, 4) is 11.3 Å². The van der Waals surface area contributed by atoms with Crippen LogP contribution in [0.25, 0.3) is 11.3 Å². The van der Waals surface area contributed by atoms with E-state index in [9.17, 15) is 0 Å². The number of ether oxygens (including phenoxy) is 1. The summed E-state index contributed by atoms with van der Waals surface area (Å²) >= 11 is 1.69. The van der Waals surface area contributed by atoms with Crippen LogP contribution >= 0.6 is 11.3 Å². The molecule has 0 radical (unpaired) electrons. The van der Waals surface area contributed by atoms with Crippen LogP contribution in [0.2, 0.25) is 0 Å². The summed E-state index contributed by atoms with van der Waals surface area (Å²) in [7, 11) is 0. The third-order valence-corrected chi connectivity index (χ3v) is 4.15. The molecule has 2 aromatic rings. The van der Waals surface area contributed by atoms with Crippen LogP contribution in [0, 0.1) is 0 Å². The first-order valence-corrected chi connectivity index (χ1v) is 7.11. The first-order chi connectivity index (χ1) is 8.86. The van der Waals surface area contributed by atoms with Crippen LogP contribution in [0.5, 0.6) is 0 Å². The summed E-state index contributed by atoms with van der Waals surface area (Å²) in [5, 5.41) is 3.21. The highest BCUT2D eigenvalue weighted by Gasteiger charge is 2.21. The Hall–Kier alpha value is -1.23. The van der Waals surface area contributed by atoms with E-state index < -0.39 is 0 Å². The van der Waals surface area contributed by atoms with Gasteiger partial charge in [0.1, 0.15) is 11.1 Å². The van der Waals surface area contributed by atoms with Crippen LogP contribution in [-0.2, 0) is 11.3 Å². The number of rotatable bonds is 3. The van der Waals surface area contributed by atoms with Crippen molar-refractivity contribution in [1.82, 2.24) is 4.98 Å². The molecule has 1 saturated heterocycles. The molecule has 2 heterocycles. The molecule has 18 heavy (non-hydrogen) atoms. The summed E-state index contributed by atoms with van der Waals surface area (Å²) in [6.07, 6.45) is 2.45. The minimum absolute atomic E-state index is 0.215. The minimum Gasteiger partial charge on any atom is -0.371 e. The molecule has 1 aliphatic rings. The molecule has 3 nitrogen and oxygen atoms in total. The SMILES string of the molecule is NCc1ccc(-c2csc(C3CCCO3)n2)cc1. The molecule has 3 rings (SSSR count). The number of nitrogens with zero attached hydrogens (tertiary/aromatic N) is 1. The zero-order valence-electron chi connectivity index (χ0n) is 10.1. The lowest BCUT2D eigenvalue weighted by Gasteiger charge is -2.04. The van der Waals surface area contributed by atoms with E-state index in [-0.39, 0.29) is 6.10 Å². The van der Waals surface area contributed by atoms with E-state index >= 15 is 0 Å². The summed E-state index contributed by atoms with van der Waals surface area (Å²) in [5.74, 6) is 0. The highest BCUT2D eigenvalue weighted by molar-refractivity contribution is 7.10. The number of benzene rings is 1. The first kappa shape index (κ1) is 11.8. The molecule has 2 N–H and O–H groups in total. The Balaban J connectivity index is 1.82. The Morgan fingerprint density at radius 1 is 1.33 bits per heavy atom. The van der Waals surface area contributed by atoms with Crippen LogP contribution < -0.4 is 5.73 Å². The van der Waals surface area contributed by atoms with Gasteiger partial charge in [-0.1, -0.05) is 24.3 Å². The van der Waals surface area contributed by atoms with Gasteiger partial charge < -0.3 is 10.5 Å². The molecular formula is C14H16N2OS. The summed E-state index contributed by atoms with van der Waals surface area (Å²) in [6, 6.07) is 8.27. The molecule has 0 bridgehead atoms. The van der Waals surface area contributed by atoms with E-state index in [0.717, 1.165) is 41.3 Å². The molecule has 1 atom stereocenters. The van der Waals surface area contributed by atoms with Gasteiger partial charge in [-0.15, -0.1) is 11.3 Å². The predicted molar refractivity (Wildman–Crippen MR) is 73.4 cm³/mol. The maximum Gasteiger partial charge on any atom is 0.122 e. The Bertz CT molecular complexity index is 515. The molecule has 1 aromatic heterocycles. The molecule has 0 amide bonds. The van der Waals surface area contributed by atoms with Crippen molar-refractivity contribution < 1.29 is 4.74 Å². The normalized spacial score (nSPS) is 19.3. The van der Waals surface area contributed by atoms with Crippen molar-refractivity contribution in [3.63, 3.8) is 0 Å². The standard InChI is InChI=1S/C14H16N2OS/c15-8-10-3-5-11(6-4-10)12-9-18-14(16-12)13-2-1-7-17-13/h3-6,9,13H,1-2,7-8,15H2. The molecule has 0 saturated carbocycles. The third-order valence-electron chi connectivity index (χ3n) is 3.21. The van der Waals surface area contributed by atoms with Crippen LogP contribution in [0.4, 0.5) is 0 Å². The predicted octanol–water partition coefficient (Wildman–Crippen LogP) is 3.12. The van der Waals surface area contributed by atoms with E-state index in [1.165, 1.54) is 0 Å². The van der Waals surface area contributed by atoms with Gasteiger partial charge >= 0.3 is 0 Å². The van der Waals surface area contributed by atoms with Crippen molar-refractivity contribution in [2.75, 3.05) is 6.61 Å². The quantitative estimate of drug-likeness (QED) is 0.922. The topological polar surface area (TPSA) is 48.1 Å². The fourth-order valence-electron chi connectivity index (χ4n) is 2.15. The minimum atomic E-state index is 0.215. The van der Waals surface area contributed by atoms with Gasteiger partial charge in [-0.2, -0.15) is 0 Å². The zero-order valence-corrected chi connectivity index (χ0v) is 11.0. The molecule has 1 aromatic carbocycles. The number of nitrogens with two attached hydrogens (primary N) is 1. The first-order valence-electron chi connectivity index (χ1n) is 6.23. The monoisotopic (exact) mass is 260 g/mol. The second-order valence-electron chi connectivity index (χ2n) is 4.47. The second-order valence-corrected chi connectivity index (χ2v) is 5.36. The number of hydrogen-bond acceptors (Lipinski definition) is 4. The van der Waals surface area contributed by atoms with E-state index in [4.69, 9.17) is 10.5 Å². The van der Waals surface area contributed by atoms with Crippen LogP contribution in [0.1, 0.15) is 29.5 Å². The summed E-state index contributed by atoms with van der Waals surface area (Å²) in [4.78, 5) is 4.68. The van der Waals surface area contributed by atoms with Crippen LogP contribution in [0.3, 0.4) is 0 Å². The highest BCUT2D eigenvalue weighted by atomic mass is 32.1. The molecule has 0 aliphatic carbocycles. The summed E-state index contributed by atoms with van der Waals surface area (Å²) < 4.78 is 5.66. The Labute approximate surface area is 111 Å². The lowest BCUT2D eigenvalue weighted by Crippen LogP contribution is -1.96. The Kier molecular flexibility index (Phi) is 3.41. The molecule has 1 fully saturated rings. The zero-order chi connectivity index (χ0) is 12.4. The molecule has 4 heteroatoms. The van der Waals surface area contributed by atoms with Gasteiger partial charge in [0.05, 0.1) is 5.69 Å². The van der Waals surface area contributed by atoms with Crippen LogP contribution in [-0.4, -0.2) is 11.6 Å². The maximum absolute atomic E-state index is 5.66. The van der Waals surface area contributed by atoms with Crippen molar-refractivity contribution >= 4 is 11.3 Å².